The van der Waals surface area contributed by atoms with E-state index in [1.54, 1.807) is 48.2 Å². The number of carbonyl (C=O) groups excluding carboxylic acids is 3. The van der Waals surface area contributed by atoms with Gasteiger partial charge in [0.1, 0.15) is 0 Å². The van der Waals surface area contributed by atoms with E-state index in [0.29, 0.717) is 16.8 Å². The highest BCUT2D eigenvalue weighted by Crippen LogP contribution is 2.27. The minimum atomic E-state index is -0.560. The van der Waals surface area contributed by atoms with Crippen molar-refractivity contribution >= 4 is 35.1 Å². The summed E-state index contributed by atoms with van der Waals surface area (Å²) in [5.41, 5.74) is 1.23. The zero-order chi connectivity index (χ0) is 20.6. The van der Waals surface area contributed by atoms with Gasteiger partial charge in [-0.1, -0.05) is 24.3 Å². The summed E-state index contributed by atoms with van der Waals surface area (Å²) in [4.78, 5) is 37.1. The Morgan fingerprint density at radius 2 is 1.83 bits per heavy atom. The fraction of sp³-hybridized carbons (Fsp3) is 0.318. The molecule has 0 aromatic heterocycles. The SMILES string of the molecule is CC(=O)c1ccccc1NC(=O)COC(=O)c1ccccc1SC[C@@H]1CCCO1. The van der Waals surface area contributed by atoms with Crippen molar-refractivity contribution in [2.45, 2.75) is 30.8 Å². The van der Waals surface area contributed by atoms with Crippen LogP contribution in [0.25, 0.3) is 0 Å². The number of para-hydroxylation sites is 1. The Labute approximate surface area is 174 Å². The topological polar surface area (TPSA) is 81.7 Å². The maximum atomic E-state index is 12.5. The normalized spacial score (nSPS) is 15.7. The highest BCUT2D eigenvalue weighted by Gasteiger charge is 2.19. The van der Waals surface area contributed by atoms with Gasteiger partial charge in [-0.15, -0.1) is 11.8 Å². The lowest BCUT2D eigenvalue weighted by molar-refractivity contribution is -0.119. The Balaban J connectivity index is 1.56. The van der Waals surface area contributed by atoms with Crippen molar-refractivity contribution in [2.24, 2.45) is 0 Å². The van der Waals surface area contributed by atoms with Gasteiger partial charge < -0.3 is 14.8 Å². The van der Waals surface area contributed by atoms with E-state index in [4.69, 9.17) is 9.47 Å². The molecular weight excluding hydrogens is 390 g/mol. The molecule has 0 radical (unpaired) electrons. The van der Waals surface area contributed by atoms with Gasteiger partial charge in [0.05, 0.1) is 17.4 Å². The number of esters is 1. The summed E-state index contributed by atoms with van der Waals surface area (Å²) in [6.45, 7) is 1.78. The van der Waals surface area contributed by atoms with Crippen LogP contribution in [0.2, 0.25) is 0 Å². The Kier molecular flexibility index (Phi) is 7.43. The summed E-state index contributed by atoms with van der Waals surface area (Å²) in [6.07, 6.45) is 2.30. The van der Waals surface area contributed by atoms with Crippen molar-refractivity contribution in [3.8, 4) is 0 Å². The van der Waals surface area contributed by atoms with Crippen LogP contribution in [0.5, 0.6) is 0 Å². The predicted octanol–water partition coefficient (Wildman–Crippen LogP) is 3.96. The largest absolute Gasteiger partial charge is 0.452 e. The van der Waals surface area contributed by atoms with Crippen LogP contribution in [0.3, 0.4) is 0 Å². The Morgan fingerprint density at radius 3 is 2.55 bits per heavy atom. The van der Waals surface area contributed by atoms with Gasteiger partial charge in [-0.05, 0) is 44.0 Å². The number of rotatable bonds is 8. The van der Waals surface area contributed by atoms with Crippen molar-refractivity contribution in [3.63, 3.8) is 0 Å². The van der Waals surface area contributed by atoms with Crippen molar-refractivity contribution < 1.29 is 23.9 Å². The van der Waals surface area contributed by atoms with Crippen LogP contribution in [0, 0.1) is 0 Å². The molecule has 1 heterocycles. The lowest BCUT2D eigenvalue weighted by atomic mass is 10.1. The minimum Gasteiger partial charge on any atom is -0.452 e. The van der Waals surface area contributed by atoms with Gasteiger partial charge in [-0.2, -0.15) is 0 Å². The minimum absolute atomic E-state index is 0.157. The van der Waals surface area contributed by atoms with Crippen LogP contribution in [0.4, 0.5) is 5.69 Å². The molecule has 1 aliphatic heterocycles. The van der Waals surface area contributed by atoms with E-state index in [1.165, 1.54) is 6.92 Å². The van der Waals surface area contributed by atoms with E-state index < -0.39 is 18.5 Å². The molecule has 0 bridgehead atoms. The monoisotopic (exact) mass is 413 g/mol. The van der Waals surface area contributed by atoms with Crippen molar-refractivity contribution in [1.29, 1.82) is 0 Å². The second-order valence-corrected chi connectivity index (χ2v) is 7.73. The average molecular weight is 413 g/mol. The summed E-state index contributed by atoms with van der Waals surface area (Å²) in [5.74, 6) is -0.450. The molecule has 2 aromatic rings. The maximum absolute atomic E-state index is 12.5. The third-order valence-corrected chi connectivity index (χ3v) is 5.68. The first-order valence-electron chi connectivity index (χ1n) is 9.45. The van der Waals surface area contributed by atoms with Crippen LogP contribution in [0.15, 0.2) is 53.4 Å². The van der Waals surface area contributed by atoms with Crippen LogP contribution in [0.1, 0.15) is 40.5 Å². The molecule has 0 unspecified atom stereocenters. The molecule has 2 aromatic carbocycles. The zero-order valence-electron chi connectivity index (χ0n) is 16.2. The quantitative estimate of drug-likeness (QED) is 0.401. The maximum Gasteiger partial charge on any atom is 0.339 e. The highest BCUT2D eigenvalue weighted by atomic mass is 32.2. The second kappa shape index (κ2) is 10.2. The molecule has 1 amide bonds. The number of thioether (sulfide) groups is 1. The summed E-state index contributed by atoms with van der Waals surface area (Å²) < 4.78 is 10.8. The molecular formula is C22H23NO5S. The zero-order valence-corrected chi connectivity index (χ0v) is 17.0. The Bertz CT molecular complexity index is 892. The fourth-order valence-corrected chi connectivity index (χ4v) is 4.12. The standard InChI is InChI=1S/C22H23NO5S/c1-15(24)17-8-2-4-10-19(17)23-21(25)13-28-22(26)18-9-3-5-11-20(18)29-14-16-7-6-12-27-16/h2-5,8-11,16H,6-7,12-14H2,1H3,(H,23,25)/t16-/m0/s1. The number of anilines is 1. The van der Waals surface area contributed by atoms with Crippen LogP contribution < -0.4 is 5.32 Å². The van der Waals surface area contributed by atoms with Gasteiger partial charge in [0.25, 0.3) is 5.91 Å². The molecule has 152 valence electrons. The number of nitrogens with one attached hydrogen (secondary N) is 1. The second-order valence-electron chi connectivity index (χ2n) is 6.67. The smallest absolute Gasteiger partial charge is 0.339 e. The van der Waals surface area contributed by atoms with E-state index in [2.05, 4.69) is 5.32 Å². The first-order valence-corrected chi connectivity index (χ1v) is 10.4. The number of benzene rings is 2. The number of ketones is 1. The van der Waals surface area contributed by atoms with E-state index >= 15 is 0 Å². The number of Topliss-reactive ketones (excluding diaryl/α,β-unsaturated/α-hetero) is 1. The summed E-state index contributed by atoms with van der Waals surface area (Å²) in [7, 11) is 0. The first kappa shape index (κ1) is 21.1. The molecule has 1 N–H and O–H groups in total. The molecule has 7 heteroatoms. The third kappa shape index (κ3) is 5.92. The molecule has 29 heavy (non-hydrogen) atoms. The predicted molar refractivity (Wildman–Crippen MR) is 111 cm³/mol. The van der Waals surface area contributed by atoms with Gasteiger partial charge in [0.2, 0.25) is 0 Å². The van der Waals surface area contributed by atoms with Crippen LogP contribution >= 0.6 is 11.8 Å². The first-order chi connectivity index (χ1) is 14.0. The van der Waals surface area contributed by atoms with Crippen LogP contribution in [-0.2, 0) is 14.3 Å². The molecule has 3 rings (SSSR count). The van der Waals surface area contributed by atoms with Gasteiger partial charge >= 0.3 is 5.97 Å². The molecule has 1 aliphatic rings. The molecule has 1 atom stereocenters. The number of ether oxygens (including phenoxy) is 2. The average Bonchev–Trinajstić information content (AvgIpc) is 3.24. The Hall–Kier alpha value is -2.64. The van der Waals surface area contributed by atoms with Gasteiger partial charge in [-0.25, -0.2) is 4.79 Å². The lowest BCUT2D eigenvalue weighted by Gasteiger charge is -2.12. The van der Waals surface area contributed by atoms with E-state index in [1.807, 2.05) is 12.1 Å². The number of hydrogen-bond donors (Lipinski definition) is 1. The van der Waals surface area contributed by atoms with Crippen molar-refractivity contribution in [1.82, 2.24) is 0 Å². The Morgan fingerprint density at radius 1 is 1.10 bits per heavy atom. The number of carbonyl (C=O) groups is 3. The van der Waals surface area contributed by atoms with Crippen molar-refractivity contribution in [2.75, 3.05) is 24.3 Å². The molecule has 1 fully saturated rings. The van der Waals surface area contributed by atoms with Gasteiger partial charge in [0.15, 0.2) is 12.4 Å². The molecule has 0 saturated carbocycles. The summed E-state index contributed by atoms with van der Waals surface area (Å²) >= 11 is 1.55. The fourth-order valence-electron chi connectivity index (χ4n) is 3.01. The third-order valence-electron chi connectivity index (χ3n) is 4.47. The van der Waals surface area contributed by atoms with E-state index in [9.17, 15) is 14.4 Å². The highest BCUT2D eigenvalue weighted by molar-refractivity contribution is 7.99. The number of amides is 1. The van der Waals surface area contributed by atoms with Gasteiger partial charge in [0, 0.05) is 22.8 Å². The summed E-state index contributed by atoms with van der Waals surface area (Å²) in [6, 6.07) is 13.9. The number of hydrogen-bond acceptors (Lipinski definition) is 6. The van der Waals surface area contributed by atoms with Crippen molar-refractivity contribution in [3.05, 3.63) is 59.7 Å². The molecule has 0 aliphatic carbocycles. The van der Waals surface area contributed by atoms with Gasteiger partial charge in [-0.3, -0.25) is 9.59 Å². The molecule has 0 spiro atoms. The molecule has 6 nitrogen and oxygen atoms in total. The van der Waals surface area contributed by atoms with E-state index in [-0.39, 0.29) is 11.9 Å². The molecule has 1 saturated heterocycles. The summed E-state index contributed by atoms with van der Waals surface area (Å²) in [5, 5.41) is 2.62. The van der Waals surface area contributed by atoms with E-state index in [0.717, 1.165) is 30.1 Å². The lowest BCUT2D eigenvalue weighted by Crippen LogP contribution is -2.22. The van der Waals surface area contributed by atoms with Crippen LogP contribution in [-0.4, -0.2) is 42.7 Å².